The zero-order valence-corrected chi connectivity index (χ0v) is 19.7. The van der Waals surface area contributed by atoms with Crippen LogP contribution >= 0.6 is 0 Å². The van der Waals surface area contributed by atoms with Crippen molar-refractivity contribution in [3.8, 4) is 6.07 Å². The Morgan fingerprint density at radius 2 is 1.62 bits per heavy atom. The Morgan fingerprint density at radius 1 is 1.03 bits per heavy atom. The molecule has 0 saturated heterocycles. The predicted molar refractivity (Wildman–Crippen MR) is 117 cm³/mol. The minimum Gasteiger partial charge on any atom is -0.336 e. The van der Waals surface area contributed by atoms with Gasteiger partial charge in [-0.15, -0.1) is 0 Å². The molecule has 0 bridgehead atoms. The lowest BCUT2D eigenvalue weighted by Crippen LogP contribution is -2.70. The molecule has 0 aliphatic heterocycles. The lowest BCUT2D eigenvalue weighted by atomic mass is 9.86. The molecule has 1 aromatic heterocycles. The fraction of sp³-hybridized carbons (Fsp3) is 0.435. The second-order valence-electron chi connectivity index (χ2n) is 9.18. The first-order valence-electron chi connectivity index (χ1n) is 11.0. The maximum atomic E-state index is 14.4. The molecule has 2 unspecified atom stereocenters. The van der Waals surface area contributed by atoms with Gasteiger partial charge in [0.1, 0.15) is 11.1 Å². The largest absolute Gasteiger partial charge is 0.419 e. The molecule has 2 aromatic rings. The van der Waals surface area contributed by atoms with E-state index in [-0.39, 0.29) is 18.5 Å². The van der Waals surface area contributed by atoms with Gasteiger partial charge < -0.3 is 5.32 Å². The monoisotopic (exact) mass is 546 g/mol. The Labute approximate surface area is 207 Å². The lowest BCUT2D eigenvalue weighted by Gasteiger charge is -2.41. The number of nitrogens with zero attached hydrogens (tertiary/aromatic N) is 2. The Kier molecular flexibility index (Phi) is 6.31. The third kappa shape index (κ3) is 4.66. The molecule has 0 radical (unpaired) electrons. The number of sulfone groups is 1. The molecule has 2 fully saturated rings. The molecule has 2 N–H and O–H groups in total. The molecule has 14 heteroatoms. The summed E-state index contributed by atoms with van der Waals surface area (Å²) in [5.41, 5.74) is -10.3. The summed E-state index contributed by atoms with van der Waals surface area (Å²) in [5, 5.41) is 11.0. The summed E-state index contributed by atoms with van der Waals surface area (Å²) in [6.45, 7) is 0. The van der Waals surface area contributed by atoms with Gasteiger partial charge in [-0.05, 0) is 37.0 Å². The number of rotatable bonds is 8. The summed E-state index contributed by atoms with van der Waals surface area (Å²) >= 11 is 0. The van der Waals surface area contributed by atoms with Crippen molar-refractivity contribution < 1.29 is 39.6 Å². The number of nitriles is 1. The van der Waals surface area contributed by atoms with E-state index >= 15 is 0 Å². The maximum Gasteiger partial charge on any atom is 0.419 e. The number of halogens is 6. The molecular weight excluding hydrogens is 526 g/mol. The van der Waals surface area contributed by atoms with Crippen molar-refractivity contribution in [3.63, 3.8) is 0 Å². The number of aromatic nitrogens is 1. The van der Waals surface area contributed by atoms with Crippen LogP contribution in [0.4, 0.5) is 26.3 Å². The van der Waals surface area contributed by atoms with Gasteiger partial charge in [-0.1, -0.05) is 36.4 Å². The van der Waals surface area contributed by atoms with Gasteiger partial charge in [-0.25, -0.2) is 8.42 Å². The van der Waals surface area contributed by atoms with E-state index in [0.717, 1.165) is 12.1 Å². The first-order valence-corrected chi connectivity index (χ1v) is 12.7. The molecular formula is C23H20F6N4O3S. The molecule has 4 rings (SSSR count). The van der Waals surface area contributed by atoms with E-state index in [9.17, 15) is 44.8 Å². The minimum absolute atomic E-state index is 0.000335. The van der Waals surface area contributed by atoms with E-state index in [1.165, 1.54) is 35.8 Å². The highest BCUT2D eigenvalue weighted by atomic mass is 32.2. The average molecular weight is 546 g/mol. The predicted octanol–water partition coefficient (Wildman–Crippen LogP) is 3.29. The molecule has 1 amide bonds. The first kappa shape index (κ1) is 26.9. The van der Waals surface area contributed by atoms with Crippen molar-refractivity contribution in [3.05, 3.63) is 66.0 Å². The van der Waals surface area contributed by atoms with Crippen LogP contribution < -0.4 is 10.6 Å². The summed E-state index contributed by atoms with van der Waals surface area (Å²) in [7, 11) is -4.48. The normalized spacial score (nSPS) is 23.1. The Balaban J connectivity index is 1.83. The number of pyridine rings is 1. The summed E-state index contributed by atoms with van der Waals surface area (Å²) in [5.74, 6) is -2.23. The number of nitrogens with one attached hydrogen (secondary N) is 2. The van der Waals surface area contributed by atoms with E-state index in [0.29, 0.717) is 12.1 Å². The molecule has 2 atom stereocenters. The zero-order chi connectivity index (χ0) is 27.3. The van der Waals surface area contributed by atoms with Gasteiger partial charge >= 0.3 is 12.4 Å². The Bertz CT molecular complexity index is 1310. The third-order valence-corrected chi connectivity index (χ3v) is 8.73. The van der Waals surface area contributed by atoms with Gasteiger partial charge in [0.05, 0.1) is 22.8 Å². The van der Waals surface area contributed by atoms with Crippen LogP contribution in [0.3, 0.4) is 0 Å². The van der Waals surface area contributed by atoms with Crippen LogP contribution in [0.2, 0.25) is 0 Å². The number of benzene rings is 1. The molecule has 0 spiro atoms. The van der Waals surface area contributed by atoms with E-state index in [2.05, 4.69) is 10.3 Å². The van der Waals surface area contributed by atoms with Crippen LogP contribution in [-0.4, -0.2) is 48.0 Å². The van der Waals surface area contributed by atoms with Crippen molar-refractivity contribution in [2.75, 3.05) is 0 Å². The number of amides is 1. The maximum absolute atomic E-state index is 14.4. The number of carbonyl (C=O) groups excluding carboxylic acids is 1. The fourth-order valence-electron chi connectivity index (χ4n) is 4.33. The van der Waals surface area contributed by atoms with Crippen LogP contribution in [0.15, 0.2) is 54.7 Å². The Hall–Kier alpha value is -3.18. The van der Waals surface area contributed by atoms with E-state index < -0.39 is 67.7 Å². The molecule has 2 aliphatic rings. The molecule has 198 valence electrons. The van der Waals surface area contributed by atoms with E-state index in [4.69, 9.17) is 0 Å². The average Bonchev–Trinajstić information content (AvgIpc) is 3.73. The van der Waals surface area contributed by atoms with Gasteiger partial charge in [-0.2, -0.15) is 31.6 Å². The van der Waals surface area contributed by atoms with Crippen molar-refractivity contribution in [2.24, 2.45) is 0 Å². The van der Waals surface area contributed by atoms with Gasteiger partial charge in [-0.3, -0.25) is 15.1 Å². The highest BCUT2D eigenvalue weighted by Crippen LogP contribution is 2.55. The molecule has 1 aromatic carbocycles. The number of hydrogen-bond donors (Lipinski definition) is 2. The highest BCUT2D eigenvalue weighted by molar-refractivity contribution is 7.91. The number of carbonyl (C=O) groups is 1. The molecule has 37 heavy (non-hydrogen) atoms. The van der Waals surface area contributed by atoms with Crippen LogP contribution in [0.1, 0.15) is 30.5 Å². The standard InChI is InChI=1S/C23H20F6N4O3S/c24-22(25,26)21(23(27,28)29,15-6-2-1-3-7-15)33-20(18(34)32-19(14-30)9-10-19)12-17(20)37(35,36)13-16-8-4-5-11-31-16/h1-8,11,17,33H,9-10,12-13H2,(H,32,34). The minimum atomic E-state index is -6.04. The zero-order valence-electron chi connectivity index (χ0n) is 18.9. The summed E-state index contributed by atoms with van der Waals surface area (Å²) < 4.78 is 113. The van der Waals surface area contributed by atoms with Gasteiger partial charge in [0.2, 0.25) is 11.4 Å². The Morgan fingerprint density at radius 3 is 2.11 bits per heavy atom. The van der Waals surface area contributed by atoms with Crippen molar-refractivity contribution in [2.45, 2.75) is 59.2 Å². The summed E-state index contributed by atoms with van der Waals surface area (Å²) in [4.78, 5) is 17.1. The van der Waals surface area contributed by atoms with Crippen molar-refractivity contribution >= 4 is 15.7 Å². The SMILES string of the molecule is N#CC1(NC(=O)C2(NC(c3ccccc3)(C(F)(F)F)C(F)(F)F)CC2S(=O)(=O)Cc2ccccn2)CC1. The van der Waals surface area contributed by atoms with E-state index in [1.807, 2.05) is 0 Å². The summed E-state index contributed by atoms with van der Waals surface area (Å²) in [6.07, 6.45) is -11.4. The van der Waals surface area contributed by atoms with Crippen LogP contribution in [0, 0.1) is 11.3 Å². The van der Waals surface area contributed by atoms with Gasteiger partial charge in [0.15, 0.2) is 9.84 Å². The van der Waals surface area contributed by atoms with Gasteiger partial charge in [0, 0.05) is 6.20 Å². The van der Waals surface area contributed by atoms with Crippen molar-refractivity contribution in [1.29, 1.82) is 5.26 Å². The highest BCUT2D eigenvalue weighted by Gasteiger charge is 2.79. The number of alkyl halides is 6. The van der Waals surface area contributed by atoms with Crippen LogP contribution in [0.25, 0.3) is 0 Å². The van der Waals surface area contributed by atoms with Crippen LogP contribution in [0.5, 0.6) is 0 Å². The topological polar surface area (TPSA) is 112 Å². The van der Waals surface area contributed by atoms with Crippen LogP contribution in [-0.2, 0) is 25.9 Å². The molecule has 2 aliphatic carbocycles. The van der Waals surface area contributed by atoms with Gasteiger partial charge in [0.25, 0.3) is 0 Å². The summed E-state index contributed by atoms with van der Waals surface area (Å²) in [6, 6.07) is 10.4. The number of hydrogen-bond acceptors (Lipinski definition) is 6. The third-order valence-electron chi connectivity index (χ3n) is 6.60. The fourth-order valence-corrected chi connectivity index (χ4v) is 6.41. The molecule has 7 nitrogen and oxygen atoms in total. The smallest absolute Gasteiger partial charge is 0.336 e. The molecule has 1 heterocycles. The van der Waals surface area contributed by atoms with Crippen molar-refractivity contribution in [1.82, 2.24) is 15.6 Å². The quantitative estimate of drug-likeness (QED) is 0.492. The second-order valence-corrected chi connectivity index (χ2v) is 11.4. The first-order chi connectivity index (χ1) is 17.1. The van der Waals surface area contributed by atoms with E-state index in [1.54, 1.807) is 6.07 Å². The lowest BCUT2D eigenvalue weighted by molar-refractivity contribution is -0.316. The second kappa shape index (κ2) is 8.70. The molecule has 2 saturated carbocycles.